The fourth-order valence-corrected chi connectivity index (χ4v) is 3.67. The summed E-state index contributed by atoms with van der Waals surface area (Å²) in [7, 11) is 1.88. The van der Waals surface area contributed by atoms with Gasteiger partial charge in [0.1, 0.15) is 0 Å². The minimum absolute atomic E-state index is 0. The lowest BCUT2D eigenvalue weighted by Crippen LogP contribution is -2.28. The van der Waals surface area contributed by atoms with Crippen LogP contribution < -0.4 is 5.32 Å². The Hall–Kier alpha value is -1.06. The highest BCUT2D eigenvalue weighted by Crippen LogP contribution is 2.45. The molecule has 3 nitrogen and oxygen atoms in total. The number of carbonyl (C=O) groups excluding carboxylic acids is 1. The first-order valence-electron chi connectivity index (χ1n) is 6.37. The van der Waals surface area contributed by atoms with Gasteiger partial charge in [0.15, 0.2) is 0 Å². The second-order valence-electron chi connectivity index (χ2n) is 5.59. The number of hydrogen-bond acceptors (Lipinski definition) is 2. The van der Waals surface area contributed by atoms with Crippen molar-refractivity contribution in [3.8, 4) is 0 Å². The van der Waals surface area contributed by atoms with Gasteiger partial charge in [0, 0.05) is 32.2 Å². The van der Waals surface area contributed by atoms with Crippen molar-refractivity contribution >= 4 is 18.3 Å². The highest BCUT2D eigenvalue weighted by molar-refractivity contribution is 5.98. The van der Waals surface area contributed by atoms with Gasteiger partial charge >= 0.3 is 0 Å². The van der Waals surface area contributed by atoms with Crippen LogP contribution in [0.2, 0.25) is 0 Å². The first-order valence-corrected chi connectivity index (χ1v) is 6.37. The molecule has 1 aromatic rings. The molecule has 1 fully saturated rings. The fourth-order valence-electron chi connectivity index (χ4n) is 3.67. The zero-order valence-electron chi connectivity index (χ0n) is 10.4. The average Bonchev–Trinajstić information content (AvgIpc) is 2.75. The Labute approximate surface area is 113 Å². The maximum Gasteiger partial charge on any atom is 0.254 e. The number of fused-ring (bicyclic) bond motifs is 6. The number of amides is 1. The largest absolute Gasteiger partial charge is 0.337 e. The average molecular weight is 265 g/mol. The molecule has 1 aromatic carbocycles. The van der Waals surface area contributed by atoms with Crippen molar-refractivity contribution in [2.75, 3.05) is 20.1 Å². The van der Waals surface area contributed by atoms with Crippen LogP contribution >= 0.6 is 12.4 Å². The number of halogens is 1. The van der Waals surface area contributed by atoms with E-state index >= 15 is 0 Å². The van der Waals surface area contributed by atoms with E-state index < -0.39 is 0 Å². The van der Waals surface area contributed by atoms with E-state index in [2.05, 4.69) is 17.4 Å². The minimum atomic E-state index is 0. The normalized spacial score (nSPS) is 27.8. The van der Waals surface area contributed by atoms with Gasteiger partial charge in [0.2, 0.25) is 0 Å². The maximum absolute atomic E-state index is 12.0. The van der Waals surface area contributed by atoms with E-state index in [1.165, 1.54) is 23.1 Å². The molecule has 4 rings (SSSR count). The molecule has 2 atom stereocenters. The van der Waals surface area contributed by atoms with Crippen molar-refractivity contribution in [2.24, 2.45) is 0 Å². The lowest BCUT2D eigenvalue weighted by atomic mass is 9.97. The van der Waals surface area contributed by atoms with Crippen LogP contribution in [0, 0.1) is 0 Å². The summed E-state index contributed by atoms with van der Waals surface area (Å²) in [5, 5.41) is 3.49. The van der Waals surface area contributed by atoms with E-state index in [1.807, 2.05) is 11.9 Å². The van der Waals surface area contributed by atoms with Crippen LogP contribution in [0.5, 0.6) is 0 Å². The standard InChI is InChI=1S/C14H16N2O.ClH/c1-16-7-10-3-11-8-2-9(6-15-5-8)12(11)4-13(10)14(16)17;/h3-4,8-9,15H,2,5-7H2,1H3;1H. The molecule has 0 radical (unpaired) electrons. The summed E-state index contributed by atoms with van der Waals surface area (Å²) in [5.41, 5.74) is 5.10. The Morgan fingerprint density at radius 3 is 2.61 bits per heavy atom. The van der Waals surface area contributed by atoms with Crippen molar-refractivity contribution in [1.82, 2.24) is 10.2 Å². The van der Waals surface area contributed by atoms with Crippen LogP contribution in [0.3, 0.4) is 0 Å². The van der Waals surface area contributed by atoms with Crippen LogP contribution in [-0.4, -0.2) is 30.9 Å². The Balaban J connectivity index is 0.000001000. The second kappa shape index (κ2) is 3.97. The molecule has 1 saturated heterocycles. The topological polar surface area (TPSA) is 32.3 Å². The van der Waals surface area contributed by atoms with Crippen molar-refractivity contribution in [3.63, 3.8) is 0 Å². The number of benzene rings is 1. The molecule has 2 bridgehead atoms. The van der Waals surface area contributed by atoms with E-state index in [1.54, 1.807) is 0 Å². The molecule has 1 aliphatic carbocycles. The summed E-state index contributed by atoms with van der Waals surface area (Å²) < 4.78 is 0. The number of nitrogens with one attached hydrogen (secondary N) is 1. The lowest BCUT2D eigenvalue weighted by Gasteiger charge is -2.19. The molecule has 0 saturated carbocycles. The van der Waals surface area contributed by atoms with Crippen LogP contribution in [0.1, 0.15) is 45.3 Å². The summed E-state index contributed by atoms with van der Waals surface area (Å²) in [6, 6.07) is 4.47. The highest BCUT2D eigenvalue weighted by Gasteiger charge is 2.37. The molecule has 96 valence electrons. The summed E-state index contributed by atoms with van der Waals surface area (Å²) in [6.07, 6.45) is 1.27. The first-order chi connectivity index (χ1) is 8.24. The first kappa shape index (κ1) is 12.0. The molecule has 2 aliphatic heterocycles. The Bertz CT molecular complexity index is 529. The Kier molecular flexibility index (Phi) is 2.65. The number of rotatable bonds is 0. The molecule has 0 spiro atoms. The van der Waals surface area contributed by atoms with Gasteiger partial charge in [0.05, 0.1) is 0 Å². The van der Waals surface area contributed by atoms with Gasteiger partial charge in [-0.1, -0.05) is 6.07 Å². The van der Waals surface area contributed by atoms with Crippen LogP contribution in [0.15, 0.2) is 12.1 Å². The third-order valence-corrected chi connectivity index (χ3v) is 4.52. The van der Waals surface area contributed by atoms with E-state index in [4.69, 9.17) is 0 Å². The zero-order valence-corrected chi connectivity index (χ0v) is 11.2. The van der Waals surface area contributed by atoms with Gasteiger partial charge in [0.25, 0.3) is 5.91 Å². The predicted molar refractivity (Wildman–Crippen MR) is 72.5 cm³/mol. The lowest BCUT2D eigenvalue weighted by molar-refractivity contribution is 0.0816. The van der Waals surface area contributed by atoms with Gasteiger partial charge in [-0.25, -0.2) is 0 Å². The molecule has 0 aromatic heterocycles. The zero-order chi connectivity index (χ0) is 11.6. The Morgan fingerprint density at radius 2 is 1.89 bits per heavy atom. The minimum Gasteiger partial charge on any atom is -0.337 e. The van der Waals surface area contributed by atoms with E-state index in [9.17, 15) is 4.79 Å². The third-order valence-electron chi connectivity index (χ3n) is 4.52. The molecular formula is C14H17ClN2O. The van der Waals surface area contributed by atoms with E-state index in [0.717, 1.165) is 25.2 Å². The fraction of sp³-hybridized carbons (Fsp3) is 0.500. The van der Waals surface area contributed by atoms with Gasteiger partial charge in [-0.15, -0.1) is 12.4 Å². The quantitative estimate of drug-likeness (QED) is 0.776. The summed E-state index contributed by atoms with van der Waals surface area (Å²) in [4.78, 5) is 13.8. The van der Waals surface area contributed by atoms with E-state index in [-0.39, 0.29) is 18.3 Å². The van der Waals surface area contributed by atoms with Crippen molar-refractivity contribution < 1.29 is 4.79 Å². The molecule has 2 heterocycles. The highest BCUT2D eigenvalue weighted by atomic mass is 35.5. The van der Waals surface area contributed by atoms with Crippen LogP contribution in [-0.2, 0) is 6.54 Å². The number of piperidine rings is 1. The van der Waals surface area contributed by atoms with E-state index in [0.29, 0.717) is 11.8 Å². The summed E-state index contributed by atoms with van der Waals surface area (Å²) in [5.74, 6) is 1.50. The van der Waals surface area contributed by atoms with Gasteiger partial charge < -0.3 is 10.2 Å². The molecule has 1 N–H and O–H groups in total. The summed E-state index contributed by atoms with van der Waals surface area (Å²) in [6.45, 7) is 2.96. The van der Waals surface area contributed by atoms with Crippen molar-refractivity contribution in [3.05, 3.63) is 34.4 Å². The third kappa shape index (κ3) is 1.44. The van der Waals surface area contributed by atoms with Crippen LogP contribution in [0.4, 0.5) is 0 Å². The number of carbonyl (C=O) groups is 1. The summed E-state index contributed by atoms with van der Waals surface area (Å²) >= 11 is 0. The SMILES string of the molecule is CN1Cc2cc3c(cc2C1=O)C1CNCC3C1.Cl. The molecule has 1 amide bonds. The number of hydrogen-bond donors (Lipinski definition) is 1. The second-order valence-corrected chi connectivity index (χ2v) is 5.59. The van der Waals surface area contributed by atoms with Crippen molar-refractivity contribution in [2.45, 2.75) is 24.8 Å². The number of nitrogens with zero attached hydrogens (tertiary/aromatic N) is 1. The molecular weight excluding hydrogens is 248 g/mol. The van der Waals surface area contributed by atoms with Crippen LogP contribution in [0.25, 0.3) is 0 Å². The molecule has 3 aliphatic rings. The van der Waals surface area contributed by atoms with Crippen molar-refractivity contribution in [1.29, 1.82) is 0 Å². The van der Waals surface area contributed by atoms with Gasteiger partial charge in [-0.05, 0) is 41.0 Å². The molecule has 18 heavy (non-hydrogen) atoms. The maximum atomic E-state index is 12.0. The molecule has 2 unspecified atom stereocenters. The van der Waals surface area contributed by atoms with Gasteiger partial charge in [-0.3, -0.25) is 4.79 Å². The van der Waals surface area contributed by atoms with Gasteiger partial charge in [-0.2, -0.15) is 0 Å². The monoisotopic (exact) mass is 264 g/mol. The smallest absolute Gasteiger partial charge is 0.254 e. The predicted octanol–water partition coefficient (Wildman–Crippen LogP) is 1.87. The Morgan fingerprint density at radius 1 is 1.22 bits per heavy atom. The molecule has 4 heteroatoms.